The van der Waals surface area contributed by atoms with Gasteiger partial charge in [0.15, 0.2) is 0 Å². The first-order chi connectivity index (χ1) is 11.3. The number of nitrogens with two attached hydrogens (primary N) is 1. The third-order valence-corrected chi connectivity index (χ3v) is 6.13. The smallest absolute Gasteiger partial charge is 0.206 e. The highest BCUT2D eigenvalue weighted by molar-refractivity contribution is 7.91. The van der Waals surface area contributed by atoms with Crippen molar-refractivity contribution in [3.05, 3.63) is 59.3 Å². The molecule has 1 aromatic heterocycles. The topological polar surface area (TPSA) is 65.1 Å². The number of hydrogen-bond donors (Lipinski definition) is 1. The summed E-state index contributed by atoms with van der Waals surface area (Å²) in [4.78, 5) is 0.656. The van der Waals surface area contributed by atoms with Crippen LogP contribution in [0.2, 0.25) is 0 Å². The van der Waals surface area contributed by atoms with Gasteiger partial charge >= 0.3 is 0 Å². The maximum absolute atomic E-state index is 13.0. The SMILES string of the molecule is Cc1ccc(S(=O)(=O)c2cc(C)c3c(c2)c(CCN)cn3C)cc1.Cl. The average Bonchev–Trinajstić information content (AvgIpc) is 2.85. The number of sulfone groups is 1. The second-order valence-electron chi connectivity index (χ2n) is 6.26. The number of rotatable bonds is 4. The van der Waals surface area contributed by atoms with Crippen LogP contribution in [0, 0.1) is 13.8 Å². The molecule has 2 N–H and O–H groups in total. The van der Waals surface area contributed by atoms with Crippen molar-refractivity contribution in [1.29, 1.82) is 0 Å². The molecule has 0 unspecified atom stereocenters. The molecule has 0 amide bonds. The van der Waals surface area contributed by atoms with Gasteiger partial charge in [0.25, 0.3) is 0 Å². The van der Waals surface area contributed by atoms with Crippen LogP contribution in [0.1, 0.15) is 16.7 Å². The van der Waals surface area contributed by atoms with Crippen LogP contribution in [0.5, 0.6) is 0 Å². The quantitative estimate of drug-likeness (QED) is 0.755. The van der Waals surface area contributed by atoms with Crippen LogP contribution in [-0.2, 0) is 23.3 Å². The fourth-order valence-electron chi connectivity index (χ4n) is 3.19. The molecule has 3 rings (SSSR count). The second-order valence-corrected chi connectivity index (χ2v) is 8.21. The van der Waals surface area contributed by atoms with Crippen molar-refractivity contribution < 1.29 is 8.42 Å². The molecule has 0 saturated heterocycles. The summed E-state index contributed by atoms with van der Waals surface area (Å²) in [7, 11) is -1.56. The lowest BCUT2D eigenvalue weighted by atomic mass is 10.1. The Morgan fingerprint density at radius 3 is 2.28 bits per heavy atom. The lowest BCUT2D eigenvalue weighted by Gasteiger charge is -2.09. The normalized spacial score (nSPS) is 11.5. The Balaban J connectivity index is 0.00000225. The first-order valence-electron chi connectivity index (χ1n) is 7.95. The van der Waals surface area contributed by atoms with Gasteiger partial charge in [0.05, 0.1) is 15.3 Å². The zero-order valence-electron chi connectivity index (χ0n) is 14.6. The molecule has 0 bridgehead atoms. The monoisotopic (exact) mass is 378 g/mol. The van der Waals surface area contributed by atoms with E-state index in [9.17, 15) is 8.42 Å². The molecular formula is C19H23ClN2O2S. The third-order valence-electron chi connectivity index (χ3n) is 4.38. The number of nitrogens with zero attached hydrogens (tertiary/aromatic N) is 1. The summed E-state index contributed by atoms with van der Waals surface area (Å²) in [6, 6.07) is 10.5. The van der Waals surface area contributed by atoms with Crippen LogP contribution >= 0.6 is 12.4 Å². The van der Waals surface area contributed by atoms with Gasteiger partial charge in [0.2, 0.25) is 9.84 Å². The van der Waals surface area contributed by atoms with Gasteiger partial charge in [0.1, 0.15) is 0 Å². The van der Waals surface area contributed by atoms with Crippen molar-refractivity contribution in [1.82, 2.24) is 4.57 Å². The van der Waals surface area contributed by atoms with E-state index >= 15 is 0 Å². The van der Waals surface area contributed by atoms with E-state index in [1.54, 1.807) is 24.3 Å². The van der Waals surface area contributed by atoms with Crippen molar-refractivity contribution >= 4 is 33.1 Å². The highest BCUT2D eigenvalue weighted by Crippen LogP contribution is 2.30. The molecule has 25 heavy (non-hydrogen) atoms. The van der Waals surface area contributed by atoms with Gasteiger partial charge in [-0.15, -0.1) is 12.4 Å². The maximum atomic E-state index is 13.0. The number of fused-ring (bicyclic) bond motifs is 1. The predicted molar refractivity (Wildman–Crippen MR) is 104 cm³/mol. The number of hydrogen-bond acceptors (Lipinski definition) is 3. The van der Waals surface area contributed by atoms with Crippen molar-refractivity contribution in [2.75, 3.05) is 6.54 Å². The van der Waals surface area contributed by atoms with Crippen molar-refractivity contribution in [2.24, 2.45) is 12.8 Å². The van der Waals surface area contributed by atoms with Crippen LogP contribution < -0.4 is 5.73 Å². The van der Waals surface area contributed by atoms with E-state index in [0.29, 0.717) is 16.3 Å². The molecule has 0 spiro atoms. The van der Waals surface area contributed by atoms with Gasteiger partial charge < -0.3 is 10.3 Å². The van der Waals surface area contributed by atoms with E-state index in [0.717, 1.165) is 34.0 Å². The third kappa shape index (κ3) is 3.45. The van der Waals surface area contributed by atoms with E-state index in [1.165, 1.54) is 0 Å². The minimum absolute atomic E-state index is 0. The fraction of sp³-hybridized carbons (Fsp3) is 0.263. The summed E-state index contributed by atoms with van der Waals surface area (Å²) in [5, 5.41) is 0.966. The fourth-order valence-corrected chi connectivity index (χ4v) is 4.56. The van der Waals surface area contributed by atoms with Gasteiger partial charge in [0, 0.05) is 18.6 Å². The Morgan fingerprint density at radius 1 is 1.04 bits per heavy atom. The lowest BCUT2D eigenvalue weighted by Crippen LogP contribution is -2.04. The Kier molecular flexibility index (Phi) is 5.62. The zero-order chi connectivity index (χ0) is 17.5. The molecule has 0 aliphatic rings. The Hall–Kier alpha value is -1.82. The summed E-state index contributed by atoms with van der Waals surface area (Å²) in [5.74, 6) is 0. The minimum atomic E-state index is -3.53. The molecule has 0 aliphatic carbocycles. The molecule has 0 fully saturated rings. The van der Waals surface area contributed by atoms with E-state index < -0.39 is 9.84 Å². The Bertz CT molecular complexity index is 1010. The summed E-state index contributed by atoms with van der Waals surface area (Å²) >= 11 is 0. The second kappa shape index (κ2) is 7.20. The minimum Gasteiger partial charge on any atom is -0.350 e. The molecule has 134 valence electrons. The molecule has 0 radical (unpaired) electrons. The molecule has 1 heterocycles. The Labute approximate surface area is 155 Å². The van der Waals surface area contributed by atoms with Crippen molar-refractivity contribution in [3.63, 3.8) is 0 Å². The lowest BCUT2D eigenvalue weighted by molar-refractivity contribution is 0.596. The number of benzene rings is 2. The maximum Gasteiger partial charge on any atom is 0.206 e. The first kappa shape index (κ1) is 19.5. The molecule has 2 aromatic carbocycles. The largest absolute Gasteiger partial charge is 0.350 e. The van der Waals surface area contributed by atoms with Crippen molar-refractivity contribution in [2.45, 2.75) is 30.1 Å². The Morgan fingerprint density at radius 2 is 1.68 bits per heavy atom. The van der Waals surface area contributed by atoms with Gasteiger partial charge in [-0.25, -0.2) is 8.42 Å². The summed E-state index contributed by atoms with van der Waals surface area (Å²) in [6.07, 6.45) is 2.76. The molecule has 6 heteroatoms. The van der Waals surface area contributed by atoms with Crippen LogP contribution in [0.15, 0.2) is 52.4 Å². The standard InChI is InChI=1S/C19H22N2O2S.ClH/c1-13-4-6-16(7-5-13)24(22,23)17-10-14(2)19-18(11-17)15(8-9-20)12-21(19)3;/h4-7,10-12H,8-9,20H2,1-3H3;1H. The van der Waals surface area contributed by atoms with E-state index in [-0.39, 0.29) is 12.4 Å². The zero-order valence-corrected chi connectivity index (χ0v) is 16.2. The van der Waals surface area contributed by atoms with Crippen LogP contribution in [-0.4, -0.2) is 19.5 Å². The number of aromatic nitrogens is 1. The highest BCUT2D eigenvalue weighted by Gasteiger charge is 2.20. The molecule has 0 aliphatic heterocycles. The molecular weight excluding hydrogens is 356 g/mol. The van der Waals surface area contributed by atoms with E-state index in [2.05, 4.69) is 0 Å². The van der Waals surface area contributed by atoms with Gasteiger partial charge in [-0.1, -0.05) is 17.7 Å². The molecule has 3 aromatic rings. The van der Waals surface area contributed by atoms with Crippen LogP contribution in [0.4, 0.5) is 0 Å². The van der Waals surface area contributed by atoms with Crippen LogP contribution in [0.3, 0.4) is 0 Å². The summed E-state index contributed by atoms with van der Waals surface area (Å²) in [6.45, 7) is 4.42. The molecule has 0 atom stereocenters. The average molecular weight is 379 g/mol. The van der Waals surface area contributed by atoms with Gasteiger partial charge in [-0.2, -0.15) is 0 Å². The predicted octanol–water partition coefficient (Wildman–Crippen LogP) is 3.55. The highest BCUT2D eigenvalue weighted by atomic mass is 35.5. The van der Waals surface area contributed by atoms with Gasteiger partial charge in [-0.05, 0) is 62.2 Å². The number of aryl methyl sites for hydroxylation is 3. The van der Waals surface area contributed by atoms with Gasteiger partial charge in [-0.3, -0.25) is 0 Å². The summed E-state index contributed by atoms with van der Waals surface area (Å²) < 4.78 is 28.0. The van der Waals surface area contributed by atoms with Crippen LogP contribution in [0.25, 0.3) is 10.9 Å². The number of halogens is 1. The van der Waals surface area contributed by atoms with Crippen molar-refractivity contribution in [3.8, 4) is 0 Å². The first-order valence-corrected chi connectivity index (χ1v) is 9.43. The molecule has 0 saturated carbocycles. The summed E-state index contributed by atoms with van der Waals surface area (Å²) in [5.41, 5.74) is 9.82. The van der Waals surface area contributed by atoms with E-state index in [4.69, 9.17) is 5.73 Å². The van der Waals surface area contributed by atoms with E-state index in [1.807, 2.05) is 43.8 Å². The molecule has 4 nitrogen and oxygen atoms in total.